The van der Waals surface area contributed by atoms with Crippen molar-refractivity contribution < 1.29 is 8.42 Å². The molecular formula is C12H18N4O2S. The van der Waals surface area contributed by atoms with Gasteiger partial charge >= 0.3 is 0 Å². The molecule has 3 heterocycles. The number of piperidine rings is 1. The van der Waals surface area contributed by atoms with E-state index in [1.54, 1.807) is 6.07 Å². The second-order valence-corrected chi connectivity index (χ2v) is 6.98. The van der Waals surface area contributed by atoms with Gasteiger partial charge in [0.1, 0.15) is 10.7 Å². The number of nitrogens with zero attached hydrogens (tertiary/aromatic N) is 2. The summed E-state index contributed by atoms with van der Waals surface area (Å²) in [5, 5.41) is 5.07. The molecular weight excluding hydrogens is 264 g/mol. The molecule has 1 aromatic heterocycles. The van der Waals surface area contributed by atoms with Crippen LogP contribution in [0.3, 0.4) is 0 Å². The third-order valence-electron chi connectivity index (χ3n) is 4.08. The van der Waals surface area contributed by atoms with Crippen LogP contribution in [0.4, 0.5) is 5.82 Å². The fourth-order valence-electron chi connectivity index (χ4n) is 3.29. The maximum Gasteiger partial charge on any atom is 0.239 e. The Hall–Kier alpha value is -1.18. The minimum atomic E-state index is -3.67. The lowest BCUT2D eigenvalue weighted by Crippen LogP contribution is -2.47. The first-order valence-corrected chi connectivity index (χ1v) is 8.02. The molecule has 6 nitrogen and oxygen atoms in total. The van der Waals surface area contributed by atoms with Gasteiger partial charge in [0, 0.05) is 24.3 Å². The highest BCUT2D eigenvalue weighted by atomic mass is 32.2. The van der Waals surface area contributed by atoms with Crippen molar-refractivity contribution in [2.75, 3.05) is 4.90 Å². The van der Waals surface area contributed by atoms with Gasteiger partial charge in [-0.05, 0) is 37.8 Å². The Balaban J connectivity index is 1.88. The van der Waals surface area contributed by atoms with Crippen molar-refractivity contribution in [3.8, 4) is 0 Å². The van der Waals surface area contributed by atoms with E-state index in [2.05, 4.69) is 9.88 Å². The lowest BCUT2D eigenvalue weighted by molar-refractivity contribution is 0.412. The van der Waals surface area contributed by atoms with Crippen LogP contribution in [0.1, 0.15) is 25.7 Å². The van der Waals surface area contributed by atoms with Crippen molar-refractivity contribution in [1.82, 2.24) is 4.98 Å². The van der Waals surface area contributed by atoms with E-state index in [-0.39, 0.29) is 10.9 Å². The van der Waals surface area contributed by atoms with E-state index in [4.69, 9.17) is 10.9 Å². The molecule has 2 aliphatic rings. The van der Waals surface area contributed by atoms with Crippen LogP contribution in [0.15, 0.2) is 23.2 Å². The third-order valence-corrected chi connectivity index (χ3v) is 4.98. The van der Waals surface area contributed by atoms with Crippen molar-refractivity contribution in [3.05, 3.63) is 18.3 Å². The number of fused-ring (bicyclic) bond motifs is 2. The first-order chi connectivity index (χ1) is 8.95. The van der Waals surface area contributed by atoms with Gasteiger partial charge in [-0.3, -0.25) is 0 Å². The van der Waals surface area contributed by atoms with Crippen LogP contribution in [0.5, 0.6) is 0 Å². The van der Waals surface area contributed by atoms with E-state index < -0.39 is 10.0 Å². The van der Waals surface area contributed by atoms with Crippen molar-refractivity contribution in [2.45, 2.75) is 48.7 Å². The molecule has 4 N–H and O–H groups in total. The molecule has 0 amide bonds. The van der Waals surface area contributed by atoms with Gasteiger partial charge in [0.05, 0.1) is 0 Å². The molecule has 2 unspecified atom stereocenters. The highest BCUT2D eigenvalue weighted by molar-refractivity contribution is 7.89. The SMILES string of the molecule is NC1CC2CCC(C1)N2c1ccc(S(N)(=O)=O)cn1. The Labute approximate surface area is 112 Å². The third kappa shape index (κ3) is 2.33. The second kappa shape index (κ2) is 4.43. The predicted molar refractivity (Wildman–Crippen MR) is 72.1 cm³/mol. The number of hydrogen-bond acceptors (Lipinski definition) is 5. The molecule has 2 fully saturated rings. The monoisotopic (exact) mass is 282 g/mol. The Morgan fingerprint density at radius 2 is 1.84 bits per heavy atom. The molecule has 0 aromatic carbocycles. The topological polar surface area (TPSA) is 102 Å². The van der Waals surface area contributed by atoms with Gasteiger partial charge in [-0.25, -0.2) is 18.5 Å². The van der Waals surface area contributed by atoms with Crippen molar-refractivity contribution in [2.24, 2.45) is 10.9 Å². The van der Waals surface area contributed by atoms with E-state index in [0.717, 1.165) is 31.5 Å². The summed E-state index contributed by atoms with van der Waals surface area (Å²) in [5.41, 5.74) is 6.03. The minimum Gasteiger partial charge on any atom is -0.351 e. The van der Waals surface area contributed by atoms with Gasteiger partial charge in [0.15, 0.2) is 0 Å². The number of hydrogen-bond donors (Lipinski definition) is 2. The lowest BCUT2D eigenvalue weighted by atomic mass is 9.98. The number of sulfonamides is 1. The van der Waals surface area contributed by atoms with Gasteiger partial charge in [0.2, 0.25) is 10.0 Å². The van der Waals surface area contributed by atoms with Crippen molar-refractivity contribution >= 4 is 15.8 Å². The van der Waals surface area contributed by atoms with E-state index >= 15 is 0 Å². The van der Waals surface area contributed by atoms with Crippen LogP contribution in [0, 0.1) is 0 Å². The van der Waals surface area contributed by atoms with Crippen LogP contribution >= 0.6 is 0 Å². The molecule has 2 bridgehead atoms. The summed E-state index contributed by atoms with van der Waals surface area (Å²) in [5.74, 6) is 0.826. The summed E-state index contributed by atoms with van der Waals surface area (Å²) in [7, 11) is -3.67. The smallest absolute Gasteiger partial charge is 0.239 e. The predicted octanol–water partition coefficient (Wildman–Crippen LogP) is 0.188. The maximum atomic E-state index is 11.2. The molecule has 7 heteroatoms. The summed E-state index contributed by atoms with van der Waals surface area (Å²) in [4.78, 5) is 6.60. The Morgan fingerprint density at radius 3 is 2.32 bits per heavy atom. The average Bonchev–Trinajstić information content (AvgIpc) is 2.61. The lowest BCUT2D eigenvalue weighted by Gasteiger charge is -2.38. The van der Waals surface area contributed by atoms with Gasteiger partial charge in [-0.15, -0.1) is 0 Å². The maximum absolute atomic E-state index is 11.2. The van der Waals surface area contributed by atoms with Gasteiger partial charge in [-0.1, -0.05) is 0 Å². The second-order valence-electron chi connectivity index (χ2n) is 5.42. The van der Waals surface area contributed by atoms with Crippen molar-refractivity contribution in [1.29, 1.82) is 0 Å². The van der Waals surface area contributed by atoms with Crippen LogP contribution in [-0.2, 0) is 10.0 Å². The summed E-state index contributed by atoms with van der Waals surface area (Å²) in [6.07, 6.45) is 5.57. The molecule has 0 aliphatic carbocycles. The number of primary sulfonamides is 1. The zero-order valence-corrected chi connectivity index (χ0v) is 11.4. The fourth-order valence-corrected chi connectivity index (χ4v) is 3.74. The largest absolute Gasteiger partial charge is 0.351 e. The highest BCUT2D eigenvalue weighted by Crippen LogP contribution is 2.37. The Kier molecular flexibility index (Phi) is 2.99. The first-order valence-electron chi connectivity index (χ1n) is 6.48. The molecule has 2 atom stereocenters. The van der Waals surface area contributed by atoms with Crippen LogP contribution < -0.4 is 15.8 Å². The zero-order chi connectivity index (χ0) is 13.6. The number of aromatic nitrogens is 1. The van der Waals surface area contributed by atoms with E-state index in [1.807, 2.05) is 0 Å². The van der Waals surface area contributed by atoms with Gasteiger partial charge in [-0.2, -0.15) is 0 Å². The molecule has 0 spiro atoms. The normalized spacial score (nSPS) is 30.6. The molecule has 0 radical (unpaired) electrons. The summed E-state index contributed by atoms with van der Waals surface area (Å²) < 4.78 is 22.4. The first kappa shape index (κ1) is 12.8. The van der Waals surface area contributed by atoms with E-state index in [1.165, 1.54) is 12.3 Å². The molecule has 1 aromatic rings. The molecule has 3 rings (SSSR count). The number of anilines is 1. The van der Waals surface area contributed by atoms with Crippen LogP contribution in [0.25, 0.3) is 0 Å². The standard InChI is InChI=1S/C12H18N4O2S/c13-8-5-9-1-2-10(6-8)16(9)12-4-3-11(7-15-12)19(14,17)18/h3-4,7-10H,1-2,5-6,13H2,(H2,14,17,18). The summed E-state index contributed by atoms with van der Waals surface area (Å²) >= 11 is 0. The number of nitrogens with two attached hydrogens (primary N) is 2. The fraction of sp³-hybridized carbons (Fsp3) is 0.583. The number of pyridine rings is 1. The summed E-state index contributed by atoms with van der Waals surface area (Å²) in [6.45, 7) is 0. The molecule has 2 aliphatic heterocycles. The molecule has 2 saturated heterocycles. The van der Waals surface area contributed by atoms with Crippen LogP contribution in [-0.4, -0.2) is 31.5 Å². The Morgan fingerprint density at radius 1 is 1.21 bits per heavy atom. The quantitative estimate of drug-likeness (QED) is 0.806. The number of rotatable bonds is 2. The van der Waals surface area contributed by atoms with Crippen LogP contribution in [0.2, 0.25) is 0 Å². The van der Waals surface area contributed by atoms with Crippen molar-refractivity contribution in [3.63, 3.8) is 0 Å². The highest BCUT2D eigenvalue weighted by Gasteiger charge is 2.40. The average molecular weight is 282 g/mol. The summed E-state index contributed by atoms with van der Waals surface area (Å²) in [6, 6.07) is 4.40. The molecule has 104 valence electrons. The van der Waals surface area contributed by atoms with E-state index in [9.17, 15) is 8.42 Å². The van der Waals surface area contributed by atoms with Gasteiger partial charge < -0.3 is 10.6 Å². The zero-order valence-electron chi connectivity index (χ0n) is 10.6. The van der Waals surface area contributed by atoms with Gasteiger partial charge in [0.25, 0.3) is 0 Å². The molecule has 19 heavy (non-hydrogen) atoms. The molecule has 0 saturated carbocycles. The minimum absolute atomic E-state index is 0.0531. The van der Waals surface area contributed by atoms with E-state index in [0.29, 0.717) is 12.1 Å². The Bertz CT molecular complexity index is 558.